The molecule has 2 atom stereocenters. The van der Waals surface area contributed by atoms with Crippen LogP contribution in [0.4, 0.5) is 0 Å². The van der Waals surface area contributed by atoms with Gasteiger partial charge in [-0.15, -0.1) is 0 Å². The van der Waals surface area contributed by atoms with Crippen molar-refractivity contribution >= 4 is 5.91 Å². The van der Waals surface area contributed by atoms with E-state index in [4.69, 9.17) is 10.5 Å². The average Bonchev–Trinajstić information content (AvgIpc) is 2.70. The van der Waals surface area contributed by atoms with Gasteiger partial charge in [-0.3, -0.25) is 14.6 Å². The Morgan fingerprint density at radius 2 is 1.76 bits per heavy atom. The lowest BCUT2D eigenvalue weighted by atomic mass is 9.89. The fourth-order valence-electron chi connectivity index (χ4n) is 4.55. The van der Waals surface area contributed by atoms with Gasteiger partial charge in [0.05, 0.1) is 6.54 Å². The summed E-state index contributed by atoms with van der Waals surface area (Å²) in [5.41, 5.74) is 5.46. The first-order valence-corrected chi connectivity index (χ1v) is 8.61. The monoisotopic (exact) mass is 295 g/mol. The molecule has 3 heterocycles. The Morgan fingerprint density at radius 1 is 1.00 bits per heavy atom. The van der Waals surface area contributed by atoms with Crippen molar-refractivity contribution in [1.29, 1.82) is 0 Å². The molecule has 3 aliphatic rings. The zero-order valence-corrected chi connectivity index (χ0v) is 13.0. The first-order valence-electron chi connectivity index (χ1n) is 8.61. The van der Waals surface area contributed by atoms with Crippen molar-refractivity contribution in [3.05, 3.63) is 0 Å². The zero-order chi connectivity index (χ0) is 14.7. The number of piperidine rings is 1. The summed E-state index contributed by atoms with van der Waals surface area (Å²) in [5, 5.41) is 0. The summed E-state index contributed by atoms with van der Waals surface area (Å²) in [6.07, 6.45) is 8.54. The summed E-state index contributed by atoms with van der Waals surface area (Å²) >= 11 is 0. The van der Waals surface area contributed by atoms with Crippen molar-refractivity contribution in [2.75, 3.05) is 32.8 Å². The SMILES string of the molecule is NC(=O)CN1CCCC[C@@H]2[C@H]1CCCN2C1CCOCC1. The van der Waals surface area contributed by atoms with Crippen LogP contribution in [0.25, 0.3) is 0 Å². The Balaban J connectivity index is 1.73. The quantitative estimate of drug-likeness (QED) is 0.843. The molecule has 3 fully saturated rings. The highest BCUT2D eigenvalue weighted by molar-refractivity contribution is 5.76. The molecule has 1 amide bonds. The van der Waals surface area contributed by atoms with E-state index in [2.05, 4.69) is 9.80 Å². The predicted molar refractivity (Wildman–Crippen MR) is 82.0 cm³/mol. The largest absolute Gasteiger partial charge is 0.381 e. The average molecular weight is 295 g/mol. The molecule has 0 aliphatic carbocycles. The van der Waals surface area contributed by atoms with Crippen LogP contribution in [0, 0.1) is 0 Å². The van der Waals surface area contributed by atoms with E-state index >= 15 is 0 Å². The van der Waals surface area contributed by atoms with Gasteiger partial charge in [0.15, 0.2) is 0 Å². The van der Waals surface area contributed by atoms with Gasteiger partial charge in [0.1, 0.15) is 0 Å². The first-order chi connectivity index (χ1) is 10.3. The molecule has 21 heavy (non-hydrogen) atoms. The van der Waals surface area contributed by atoms with Gasteiger partial charge in [0.25, 0.3) is 0 Å². The Labute approximate surface area is 127 Å². The maximum Gasteiger partial charge on any atom is 0.231 e. The normalized spacial score (nSPS) is 33.3. The summed E-state index contributed by atoms with van der Waals surface area (Å²) in [6.45, 7) is 4.50. The van der Waals surface area contributed by atoms with E-state index in [0.29, 0.717) is 24.7 Å². The van der Waals surface area contributed by atoms with Gasteiger partial charge in [-0.1, -0.05) is 6.42 Å². The fourth-order valence-corrected chi connectivity index (χ4v) is 4.55. The highest BCUT2D eigenvalue weighted by Crippen LogP contribution is 2.32. The number of carbonyl (C=O) groups is 1. The third-order valence-corrected chi connectivity index (χ3v) is 5.47. The van der Waals surface area contributed by atoms with E-state index < -0.39 is 0 Å². The highest BCUT2D eigenvalue weighted by Gasteiger charge is 2.39. The number of nitrogens with zero attached hydrogens (tertiary/aromatic N) is 2. The minimum atomic E-state index is -0.182. The number of rotatable bonds is 3. The summed E-state index contributed by atoms with van der Waals surface area (Å²) in [7, 11) is 0. The maximum atomic E-state index is 11.4. The van der Waals surface area contributed by atoms with E-state index in [9.17, 15) is 4.79 Å². The molecule has 3 rings (SSSR count). The molecule has 0 spiro atoms. The van der Waals surface area contributed by atoms with E-state index in [1.165, 1.54) is 51.5 Å². The first kappa shape index (κ1) is 15.3. The number of carbonyl (C=O) groups excluding carboxylic acids is 1. The number of hydrogen-bond donors (Lipinski definition) is 1. The molecule has 0 aromatic heterocycles. The standard InChI is InChI=1S/C16H29N3O2/c17-16(20)12-18-8-2-1-4-15-14(18)5-3-9-19(15)13-6-10-21-11-7-13/h13-15H,1-12H2,(H2,17,20)/t14-,15-/m1/s1. The van der Waals surface area contributed by atoms with E-state index in [1.54, 1.807) is 0 Å². The molecule has 0 radical (unpaired) electrons. The molecular weight excluding hydrogens is 266 g/mol. The molecule has 5 heteroatoms. The lowest BCUT2D eigenvalue weighted by Gasteiger charge is -2.48. The van der Waals surface area contributed by atoms with Gasteiger partial charge < -0.3 is 10.5 Å². The Bertz CT molecular complexity index is 357. The van der Waals surface area contributed by atoms with Crippen LogP contribution in [0.3, 0.4) is 0 Å². The summed E-state index contributed by atoms with van der Waals surface area (Å²) in [4.78, 5) is 16.5. The van der Waals surface area contributed by atoms with Crippen LogP contribution in [0.2, 0.25) is 0 Å². The van der Waals surface area contributed by atoms with E-state index in [0.717, 1.165) is 19.8 Å². The van der Waals surface area contributed by atoms with Crippen LogP contribution < -0.4 is 5.73 Å². The van der Waals surface area contributed by atoms with Gasteiger partial charge in [-0.25, -0.2) is 0 Å². The fraction of sp³-hybridized carbons (Fsp3) is 0.938. The van der Waals surface area contributed by atoms with Crippen LogP contribution >= 0.6 is 0 Å². The molecule has 0 bridgehead atoms. The van der Waals surface area contributed by atoms with Crippen molar-refractivity contribution < 1.29 is 9.53 Å². The van der Waals surface area contributed by atoms with Crippen LogP contribution in [-0.4, -0.2) is 66.7 Å². The van der Waals surface area contributed by atoms with Crippen molar-refractivity contribution in [3.63, 3.8) is 0 Å². The number of hydrogen-bond acceptors (Lipinski definition) is 4. The Hall–Kier alpha value is -0.650. The molecule has 0 unspecified atom stereocenters. The lowest BCUT2D eigenvalue weighted by molar-refractivity contribution is -0.120. The van der Waals surface area contributed by atoms with Crippen LogP contribution in [-0.2, 0) is 9.53 Å². The molecular formula is C16H29N3O2. The number of likely N-dealkylation sites (tertiary alicyclic amines) is 2. The van der Waals surface area contributed by atoms with Crippen LogP contribution in [0.1, 0.15) is 44.9 Å². The van der Waals surface area contributed by atoms with Gasteiger partial charge in [0.2, 0.25) is 5.91 Å². The Kier molecular flexibility index (Phi) is 5.14. The van der Waals surface area contributed by atoms with Gasteiger partial charge in [-0.2, -0.15) is 0 Å². The van der Waals surface area contributed by atoms with E-state index in [-0.39, 0.29) is 5.91 Å². The summed E-state index contributed by atoms with van der Waals surface area (Å²) < 4.78 is 5.53. The second kappa shape index (κ2) is 7.07. The van der Waals surface area contributed by atoms with Gasteiger partial charge in [-0.05, 0) is 51.6 Å². The molecule has 0 aromatic rings. The van der Waals surface area contributed by atoms with Crippen molar-refractivity contribution in [2.45, 2.75) is 63.1 Å². The topological polar surface area (TPSA) is 58.8 Å². The number of amides is 1. The number of fused-ring (bicyclic) bond motifs is 1. The van der Waals surface area contributed by atoms with E-state index in [1.807, 2.05) is 0 Å². The summed E-state index contributed by atoms with van der Waals surface area (Å²) in [6, 6.07) is 1.82. The van der Waals surface area contributed by atoms with Gasteiger partial charge >= 0.3 is 0 Å². The number of ether oxygens (including phenoxy) is 1. The molecule has 5 nitrogen and oxygen atoms in total. The van der Waals surface area contributed by atoms with Gasteiger partial charge in [0, 0.05) is 31.3 Å². The highest BCUT2D eigenvalue weighted by atomic mass is 16.5. The lowest BCUT2D eigenvalue weighted by Crippen LogP contribution is -2.59. The minimum absolute atomic E-state index is 0.182. The third-order valence-electron chi connectivity index (χ3n) is 5.47. The number of primary amides is 1. The van der Waals surface area contributed by atoms with Crippen molar-refractivity contribution in [2.24, 2.45) is 5.73 Å². The van der Waals surface area contributed by atoms with Crippen molar-refractivity contribution in [1.82, 2.24) is 9.80 Å². The second-order valence-corrected chi connectivity index (χ2v) is 6.79. The molecule has 3 saturated heterocycles. The second-order valence-electron chi connectivity index (χ2n) is 6.79. The maximum absolute atomic E-state index is 11.4. The number of nitrogens with two attached hydrogens (primary N) is 1. The molecule has 0 saturated carbocycles. The van der Waals surface area contributed by atoms with Crippen LogP contribution in [0.15, 0.2) is 0 Å². The molecule has 3 aliphatic heterocycles. The third kappa shape index (κ3) is 3.58. The smallest absolute Gasteiger partial charge is 0.231 e. The summed E-state index contributed by atoms with van der Waals surface area (Å²) in [5.74, 6) is -0.182. The van der Waals surface area contributed by atoms with Crippen LogP contribution in [0.5, 0.6) is 0 Å². The minimum Gasteiger partial charge on any atom is -0.381 e. The molecule has 0 aromatic carbocycles. The predicted octanol–water partition coefficient (Wildman–Crippen LogP) is 0.970. The Morgan fingerprint density at radius 3 is 2.52 bits per heavy atom. The zero-order valence-electron chi connectivity index (χ0n) is 13.0. The molecule has 2 N–H and O–H groups in total. The molecule has 120 valence electrons. The van der Waals surface area contributed by atoms with Crippen molar-refractivity contribution in [3.8, 4) is 0 Å².